The van der Waals surface area contributed by atoms with Gasteiger partial charge < -0.3 is 4.74 Å². The van der Waals surface area contributed by atoms with Gasteiger partial charge in [-0.05, 0) is 60.6 Å². The third-order valence-electron chi connectivity index (χ3n) is 4.44. The molecule has 2 rings (SSSR count). The second kappa shape index (κ2) is 12.6. The Balaban J connectivity index is 1.90. The fourth-order valence-electron chi connectivity index (χ4n) is 2.51. The van der Waals surface area contributed by atoms with Crippen LogP contribution >= 0.6 is 11.8 Å². The summed E-state index contributed by atoms with van der Waals surface area (Å²) in [7, 11) is -3.44. The molecule has 1 heterocycles. The smallest absolute Gasteiger partial charge is 0.264 e. The fourth-order valence-corrected chi connectivity index (χ4v) is 3.88. The summed E-state index contributed by atoms with van der Waals surface area (Å²) in [6.07, 6.45) is 3.60. The molecule has 0 unspecified atom stereocenters. The highest BCUT2D eigenvalue weighted by atomic mass is 32.2. The predicted molar refractivity (Wildman–Crippen MR) is 126 cm³/mol. The average molecular weight is 463 g/mol. The number of aryl methyl sites for hydroxylation is 1. The van der Waals surface area contributed by atoms with E-state index in [4.69, 9.17) is 8.92 Å². The van der Waals surface area contributed by atoms with Crippen LogP contribution in [0.4, 0.5) is 0 Å². The zero-order valence-electron chi connectivity index (χ0n) is 18.5. The van der Waals surface area contributed by atoms with Crippen molar-refractivity contribution in [3.63, 3.8) is 0 Å². The van der Waals surface area contributed by atoms with Gasteiger partial charge in [0.05, 0.1) is 18.6 Å². The third kappa shape index (κ3) is 10.1. The molecule has 6 nitrogen and oxygen atoms in total. The summed E-state index contributed by atoms with van der Waals surface area (Å²) in [5, 5.41) is 10.4. The van der Waals surface area contributed by atoms with Gasteiger partial charge in [0.2, 0.25) is 5.88 Å². The molecule has 0 fully saturated rings. The molecule has 2 aromatic rings. The summed E-state index contributed by atoms with van der Waals surface area (Å²) in [4.78, 5) is 1.24. The van der Waals surface area contributed by atoms with E-state index in [-0.39, 0.29) is 6.61 Å². The Morgan fingerprint density at radius 3 is 2.45 bits per heavy atom. The van der Waals surface area contributed by atoms with E-state index in [1.807, 2.05) is 54.8 Å². The fraction of sp³-hybridized carbons (Fsp3) is 0.391. The Kier molecular flexibility index (Phi) is 10.2. The maximum Gasteiger partial charge on any atom is 0.264 e. The van der Waals surface area contributed by atoms with Crippen molar-refractivity contribution < 1.29 is 17.3 Å². The van der Waals surface area contributed by atoms with Crippen LogP contribution in [0.25, 0.3) is 0 Å². The first kappa shape index (κ1) is 25.1. The lowest BCUT2D eigenvalue weighted by molar-refractivity contribution is 0.290. The van der Waals surface area contributed by atoms with Crippen LogP contribution in [-0.4, -0.2) is 31.5 Å². The van der Waals surface area contributed by atoms with Crippen molar-refractivity contribution in [2.24, 2.45) is 0 Å². The molecule has 0 amide bonds. The van der Waals surface area contributed by atoms with Crippen LogP contribution in [0.1, 0.15) is 44.9 Å². The third-order valence-corrected chi connectivity index (χ3v) is 6.35. The second-order valence-electron chi connectivity index (χ2n) is 7.24. The zero-order valence-corrected chi connectivity index (χ0v) is 20.1. The molecule has 0 bridgehead atoms. The van der Waals surface area contributed by atoms with Crippen LogP contribution in [0.3, 0.4) is 0 Å². The second-order valence-corrected chi connectivity index (χ2v) is 9.85. The molecule has 1 aromatic heterocycles. The lowest BCUT2D eigenvalue weighted by Crippen LogP contribution is -2.04. The van der Waals surface area contributed by atoms with Crippen molar-refractivity contribution >= 4 is 21.9 Å². The van der Waals surface area contributed by atoms with Crippen LogP contribution in [0.15, 0.2) is 63.9 Å². The first-order chi connectivity index (χ1) is 14.8. The van der Waals surface area contributed by atoms with Crippen molar-refractivity contribution in [1.82, 2.24) is 10.2 Å². The average Bonchev–Trinajstić information content (AvgIpc) is 2.76. The summed E-state index contributed by atoms with van der Waals surface area (Å²) in [5.74, 6) is 0.506. The van der Waals surface area contributed by atoms with Crippen molar-refractivity contribution in [3.05, 3.63) is 75.2 Å². The van der Waals surface area contributed by atoms with Crippen molar-refractivity contribution in [2.45, 2.75) is 46.6 Å². The maximum absolute atomic E-state index is 11.1. The molecule has 0 saturated carbocycles. The van der Waals surface area contributed by atoms with Gasteiger partial charge in [-0.1, -0.05) is 42.8 Å². The lowest BCUT2D eigenvalue weighted by atomic mass is 10.1. The van der Waals surface area contributed by atoms with Gasteiger partial charge in [-0.25, -0.2) is 0 Å². The molecular weight excluding hydrogens is 432 g/mol. The van der Waals surface area contributed by atoms with Crippen molar-refractivity contribution in [3.8, 4) is 5.88 Å². The normalized spacial score (nSPS) is 13.1. The quantitative estimate of drug-likeness (QED) is 0.397. The molecule has 0 aliphatic heterocycles. The number of thioether (sulfide) groups is 1. The molecule has 31 heavy (non-hydrogen) atoms. The topological polar surface area (TPSA) is 78.4 Å². The molecular formula is C23H30N2O4S2. The van der Waals surface area contributed by atoms with E-state index >= 15 is 0 Å². The minimum atomic E-state index is -3.44. The number of allylic oxidation sites excluding steroid dienone is 2. The summed E-state index contributed by atoms with van der Waals surface area (Å²) < 4.78 is 32.8. The molecule has 0 atom stereocenters. The van der Waals surface area contributed by atoms with E-state index in [1.165, 1.54) is 10.5 Å². The van der Waals surface area contributed by atoms with Gasteiger partial charge in [-0.15, -0.1) is 16.9 Å². The predicted octanol–water partition coefficient (Wildman–Crippen LogP) is 5.29. The Morgan fingerprint density at radius 2 is 1.84 bits per heavy atom. The van der Waals surface area contributed by atoms with Crippen molar-refractivity contribution in [1.29, 1.82) is 0 Å². The Bertz CT molecular complexity index is 986. The maximum atomic E-state index is 11.1. The Labute approximate surface area is 189 Å². The van der Waals surface area contributed by atoms with Gasteiger partial charge in [0.1, 0.15) is 6.61 Å². The standard InChI is InChI=1S/C23H30N2O4S2/c1-5-19(3)22(30-17-18(2)15-29-31(4,26)27)13-11-21-12-14-23(25-24-21)28-16-20-9-7-6-8-10-20/h6-10,12,14,17H,5,11,13,15-16H2,1-4H3/b18-17+,22-19?. The summed E-state index contributed by atoms with van der Waals surface area (Å²) in [6, 6.07) is 13.7. The van der Waals surface area contributed by atoms with Gasteiger partial charge in [0.15, 0.2) is 0 Å². The van der Waals surface area contributed by atoms with Crippen LogP contribution in [-0.2, 0) is 27.3 Å². The van der Waals surface area contributed by atoms with Crippen LogP contribution in [0, 0.1) is 0 Å². The molecule has 1 aromatic carbocycles. The van der Waals surface area contributed by atoms with Crippen LogP contribution in [0.5, 0.6) is 5.88 Å². The van der Waals surface area contributed by atoms with Gasteiger partial charge in [-0.2, -0.15) is 13.5 Å². The van der Waals surface area contributed by atoms with Gasteiger partial charge in [0, 0.05) is 6.07 Å². The van der Waals surface area contributed by atoms with Crippen molar-refractivity contribution in [2.75, 3.05) is 12.9 Å². The van der Waals surface area contributed by atoms with Crippen LogP contribution < -0.4 is 4.74 Å². The molecule has 0 saturated heterocycles. The largest absolute Gasteiger partial charge is 0.472 e. The number of hydrogen-bond donors (Lipinski definition) is 0. The van der Waals surface area contributed by atoms with Gasteiger partial charge >= 0.3 is 0 Å². The minimum Gasteiger partial charge on any atom is -0.472 e. The molecule has 8 heteroatoms. The Hall–Kier alpha value is -2.16. The SMILES string of the molecule is CCC(C)=C(CCc1ccc(OCc2ccccc2)nn1)S/C=C(\C)COS(C)(=O)=O. The number of rotatable bonds is 12. The molecule has 0 aliphatic carbocycles. The number of aromatic nitrogens is 2. The number of hydrogen-bond acceptors (Lipinski definition) is 7. The van der Waals surface area contributed by atoms with Gasteiger partial charge in [-0.3, -0.25) is 4.18 Å². The highest BCUT2D eigenvalue weighted by Crippen LogP contribution is 2.28. The molecule has 0 spiro atoms. The molecule has 168 valence electrons. The van der Waals surface area contributed by atoms with E-state index in [0.29, 0.717) is 12.5 Å². The number of ether oxygens (including phenoxy) is 1. The molecule has 0 aliphatic rings. The highest BCUT2D eigenvalue weighted by Gasteiger charge is 2.07. The molecule has 0 radical (unpaired) electrons. The van der Waals surface area contributed by atoms with Gasteiger partial charge in [0.25, 0.3) is 10.1 Å². The Morgan fingerprint density at radius 1 is 1.10 bits per heavy atom. The van der Waals surface area contributed by atoms with E-state index in [2.05, 4.69) is 24.0 Å². The van der Waals surface area contributed by atoms with E-state index in [0.717, 1.165) is 42.3 Å². The van der Waals surface area contributed by atoms with E-state index < -0.39 is 10.1 Å². The first-order valence-corrected chi connectivity index (χ1v) is 12.8. The highest BCUT2D eigenvalue weighted by molar-refractivity contribution is 8.05. The number of benzene rings is 1. The first-order valence-electron chi connectivity index (χ1n) is 10.1. The lowest BCUT2D eigenvalue weighted by Gasteiger charge is -2.10. The van der Waals surface area contributed by atoms with E-state index in [9.17, 15) is 8.42 Å². The van der Waals surface area contributed by atoms with Crippen LogP contribution in [0.2, 0.25) is 0 Å². The monoisotopic (exact) mass is 462 g/mol. The minimum absolute atomic E-state index is 0.0696. The number of nitrogens with zero attached hydrogens (tertiary/aromatic N) is 2. The summed E-state index contributed by atoms with van der Waals surface area (Å²) >= 11 is 1.61. The summed E-state index contributed by atoms with van der Waals surface area (Å²) in [5.41, 5.74) is 4.14. The molecule has 0 N–H and O–H groups in total. The summed E-state index contributed by atoms with van der Waals surface area (Å²) in [6.45, 7) is 6.63. The van der Waals surface area contributed by atoms with E-state index in [1.54, 1.807) is 11.8 Å². The zero-order chi connectivity index (χ0) is 22.7.